The number of fused-ring (bicyclic) bond motifs is 2. The number of amides is 1. The van der Waals surface area contributed by atoms with Gasteiger partial charge in [-0.2, -0.15) is 0 Å². The molecule has 138 valence electrons. The summed E-state index contributed by atoms with van der Waals surface area (Å²) < 4.78 is 0. The molecule has 1 amide bonds. The zero-order chi connectivity index (χ0) is 18.8. The first-order valence-corrected chi connectivity index (χ1v) is 9.27. The Morgan fingerprint density at radius 1 is 1.11 bits per heavy atom. The van der Waals surface area contributed by atoms with E-state index >= 15 is 0 Å². The molecule has 2 atom stereocenters. The Kier molecular flexibility index (Phi) is 4.67. The van der Waals surface area contributed by atoms with E-state index in [1.807, 2.05) is 42.6 Å². The third kappa shape index (κ3) is 3.58. The third-order valence-electron chi connectivity index (χ3n) is 5.43. The van der Waals surface area contributed by atoms with E-state index in [4.69, 9.17) is 0 Å². The number of benzene rings is 2. The number of aromatic amines is 1. The van der Waals surface area contributed by atoms with E-state index in [1.54, 1.807) is 0 Å². The first-order chi connectivity index (χ1) is 13.1. The average Bonchev–Trinajstić information content (AvgIpc) is 3.10. The third-order valence-corrected chi connectivity index (χ3v) is 5.43. The van der Waals surface area contributed by atoms with Crippen LogP contribution in [0.25, 0.3) is 10.9 Å². The molecule has 1 heterocycles. The first kappa shape index (κ1) is 17.3. The fourth-order valence-electron chi connectivity index (χ4n) is 3.93. The molecule has 1 aliphatic carbocycles. The van der Waals surface area contributed by atoms with Gasteiger partial charge < -0.3 is 15.4 Å². The molecule has 3 aromatic rings. The Bertz CT molecular complexity index is 992. The lowest BCUT2D eigenvalue weighted by atomic mass is 9.83. The van der Waals surface area contributed by atoms with Gasteiger partial charge in [0.05, 0.1) is 0 Å². The molecule has 5 heteroatoms. The van der Waals surface area contributed by atoms with Crippen LogP contribution in [0.1, 0.15) is 23.1 Å². The van der Waals surface area contributed by atoms with Crippen LogP contribution < -0.4 is 5.32 Å². The summed E-state index contributed by atoms with van der Waals surface area (Å²) in [7, 11) is 0. The largest absolute Gasteiger partial charge is 0.480 e. The van der Waals surface area contributed by atoms with Crippen LogP contribution in [0.15, 0.2) is 54.7 Å². The zero-order valence-corrected chi connectivity index (χ0v) is 14.9. The number of rotatable bonds is 5. The zero-order valence-electron chi connectivity index (χ0n) is 14.9. The number of aryl methyl sites for hydroxylation is 1. The number of nitrogens with one attached hydrogen (secondary N) is 2. The Morgan fingerprint density at radius 2 is 1.85 bits per heavy atom. The first-order valence-electron chi connectivity index (χ1n) is 9.27. The minimum absolute atomic E-state index is 0.170. The van der Waals surface area contributed by atoms with E-state index < -0.39 is 12.0 Å². The Morgan fingerprint density at radius 3 is 2.67 bits per heavy atom. The lowest BCUT2D eigenvalue weighted by Crippen LogP contribution is -2.46. The smallest absolute Gasteiger partial charge is 0.326 e. The van der Waals surface area contributed by atoms with Gasteiger partial charge in [-0.25, -0.2) is 4.79 Å². The van der Waals surface area contributed by atoms with Gasteiger partial charge in [0.2, 0.25) is 5.91 Å². The van der Waals surface area contributed by atoms with E-state index in [9.17, 15) is 14.7 Å². The van der Waals surface area contributed by atoms with Crippen LogP contribution in [0.4, 0.5) is 0 Å². The molecule has 3 N–H and O–H groups in total. The normalized spacial score (nSPS) is 17.3. The van der Waals surface area contributed by atoms with Crippen molar-refractivity contribution in [1.29, 1.82) is 0 Å². The van der Waals surface area contributed by atoms with Gasteiger partial charge in [0.1, 0.15) is 6.04 Å². The summed E-state index contributed by atoms with van der Waals surface area (Å²) >= 11 is 0. The SMILES string of the molecule is O=C(NC(Cc1c[nH]c2ccccc12)C(=O)O)C1CCc2ccccc2C1. The summed E-state index contributed by atoms with van der Waals surface area (Å²) in [6, 6.07) is 15.0. The van der Waals surface area contributed by atoms with Gasteiger partial charge in [-0.15, -0.1) is 0 Å². The number of carboxylic acid groups (broad SMARTS) is 1. The lowest BCUT2D eigenvalue weighted by Gasteiger charge is -2.25. The maximum absolute atomic E-state index is 12.7. The van der Waals surface area contributed by atoms with Crippen LogP contribution in [0.2, 0.25) is 0 Å². The molecule has 0 radical (unpaired) electrons. The van der Waals surface area contributed by atoms with E-state index in [0.717, 1.165) is 29.3 Å². The monoisotopic (exact) mass is 362 g/mol. The van der Waals surface area contributed by atoms with Crippen molar-refractivity contribution in [2.24, 2.45) is 5.92 Å². The molecule has 4 rings (SSSR count). The summed E-state index contributed by atoms with van der Waals surface area (Å²) in [6.07, 6.45) is 4.36. The molecule has 0 bridgehead atoms. The van der Waals surface area contributed by atoms with Crippen LogP contribution in [0.5, 0.6) is 0 Å². The van der Waals surface area contributed by atoms with Gasteiger partial charge >= 0.3 is 5.97 Å². The predicted molar refractivity (Wildman–Crippen MR) is 104 cm³/mol. The van der Waals surface area contributed by atoms with Crippen molar-refractivity contribution in [1.82, 2.24) is 10.3 Å². The second-order valence-electron chi connectivity index (χ2n) is 7.17. The number of carbonyl (C=O) groups is 2. The van der Waals surface area contributed by atoms with Crippen LogP contribution in [-0.2, 0) is 28.9 Å². The highest BCUT2D eigenvalue weighted by Gasteiger charge is 2.28. The van der Waals surface area contributed by atoms with Crippen molar-refractivity contribution in [3.63, 3.8) is 0 Å². The predicted octanol–water partition coefficient (Wildman–Crippen LogP) is 3.08. The van der Waals surface area contributed by atoms with Crippen molar-refractivity contribution in [2.75, 3.05) is 0 Å². The molecule has 1 aromatic heterocycles. The number of hydrogen-bond acceptors (Lipinski definition) is 2. The van der Waals surface area contributed by atoms with Crippen molar-refractivity contribution >= 4 is 22.8 Å². The molecular formula is C22H22N2O3. The van der Waals surface area contributed by atoms with Gasteiger partial charge in [-0.3, -0.25) is 4.79 Å². The van der Waals surface area contributed by atoms with Gasteiger partial charge in [-0.05, 0) is 42.0 Å². The van der Waals surface area contributed by atoms with Crippen molar-refractivity contribution in [2.45, 2.75) is 31.7 Å². The molecule has 5 nitrogen and oxygen atoms in total. The van der Waals surface area contributed by atoms with Crippen molar-refractivity contribution < 1.29 is 14.7 Å². The standard InChI is InChI=1S/C22H22N2O3/c25-21(16-10-9-14-5-1-2-6-15(14)11-16)24-20(22(26)27)12-17-13-23-19-8-4-3-7-18(17)19/h1-8,13,16,20,23H,9-12H2,(H,24,25)(H,26,27). The Labute approximate surface area is 157 Å². The molecule has 0 aliphatic heterocycles. The Hall–Kier alpha value is -3.08. The molecule has 1 aliphatic rings. The quantitative estimate of drug-likeness (QED) is 0.652. The van der Waals surface area contributed by atoms with Gasteiger partial charge in [0.15, 0.2) is 0 Å². The number of hydrogen-bond donors (Lipinski definition) is 3. The number of carbonyl (C=O) groups excluding carboxylic acids is 1. The molecule has 2 unspecified atom stereocenters. The highest BCUT2D eigenvalue weighted by molar-refractivity contribution is 5.87. The van der Waals surface area contributed by atoms with E-state index in [-0.39, 0.29) is 18.2 Å². The number of carboxylic acids is 1. The summed E-state index contributed by atoms with van der Waals surface area (Å²) in [4.78, 5) is 27.6. The highest BCUT2D eigenvalue weighted by atomic mass is 16.4. The van der Waals surface area contributed by atoms with Gasteiger partial charge in [0, 0.05) is 29.4 Å². The highest BCUT2D eigenvalue weighted by Crippen LogP contribution is 2.26. The molecular weight excluding hydrogens is 340 g/mol. The molecule has 27 heavy (non-hydrogen) atoms. The van der Waals surface area contributed by atoms with Crippen molar-refractivity contribution in [3.8, 4) is 0 Å². The van der Waals surface area contributed by atoms with E-state index in [1.165, 1.54) is 11.1 Å². The number of H-pyrrole nitrogens is 1. The van der Waals surface area contributed by atoms with Crippen LogP contribution in [-0.4, -0.2) is 28.0 Å². The summed E-state index contributed by atoms with van der Waals surface area (Å²) in [5.41, 5.74) is 4.33. The fourth-order valence-corrected chi connectivity index (χ4v) is 3.93. The lowest BCUT2D eigenvalue weighted by molar-refractivity contribution is -0.142. The number of aliphatic carboxylic acids is 1. The number of para-hydroxylation sites is 1. The number of aromatic nitrogens is 1. The minimum atomic E-state index is -1.01. The molecule has 2 aromatic carbocycles. The molecule has 0 saturated heterocycles. The van der Waals surface area contributed by atoms with E-state index in [2.05, 4.69) is 22.4 Å². The maximum Gasteiger partial charge on any atom is 0.326 e. The van der Waals surface area contributed by atoms with Crippen LogP contribution >= 0.6 is 0 Å². The fraction of sp³-hybridized carbons (Fsp3) is 0.273. The second-order valence-corrected chi connectivity index (χ2v) is 7.17. The average molecular weight is 362 g/mol. The minimum Gasteiger partial charge on any atom is -0.480 e. The summed E-state index contributed by atoms with van der Waals surface area (Å²) in [5.74, 6) is -1.36. The second kappa shape index (κ2) is 7.27. The molecule has 0 fully saturated rings. The van der Waals surface area contributed by atoms with Gasteiger partial charge in [0.25, 0.3) is 0 Å². The van der Waals surface area contributed by atoms with Crippen LogP contribution in [0.3, 0.4) is 0 Å². The van der Waals surface area contributed by atoms with E-state index in [0.29, 0.717) is 6.42 Å². The Balaban J connectivity index is 1.47. The molecule has 0 spiro atoms. The van der Waals surface area contributed by atoms with Gasteiger partial charge in [-0.1, -0.05) is 42.5 Å². The molecule has 0 saturated carbocycles. The van der Waals surface area contributed by atoms with Crippen molar-refractivity contribution in [3.05, 3.63) is 71.4 Å². The summed E-state index contributed by atoms with van der Waals surface area (Å²) in [5, 5.41) is 13.4. The summed E-state index contributed by atoms with van der Waals surface area (Å²) in [6.45, 7) is 0. The maximum atomic E-state index is 12.7. The van der Waals surface area contributed by atoms with Crippen LogP contribution in [0, 0.1) is 5.92 Å². The topological polar surface area (TPSA) is 82.2 Å².